The van der Waals surface area contributed by atoms with Gasteiger partial charge in [0, 0.05) is 5.56 Å². The first-order chi connectivity index (χ1) is 13.9. The molecule has 28 heavy (non-hydrogen) atoms. The maximum atomic E-state index is 6.06. The average molecular weight is 363 g/mol. The number of para-hydroxylation sites is 1. The average Bonchev–Trinajstić information content (AvgIpc) is 3.19. The highest BCUT2D eigenvalue weighted by Gasteiger charge is 2.10. The van der Waals surface area contributed by atoms with Crippen LogP contribution in [0.2, 0.25) is 0 Å². The summed E-state index contributed by atoms with van der Waals surface area (Å²) in [7, 11) is 0. The van der Waals surface area contributed by atoms with E-state index in [1.165, 1.54) is 5.39 Å². The number of hydrogen-bond donors (Lipinski definition) is 0. The standard InChI is InChI=1S/C24H17N3O/c1-3-10-19(11-4-1)23-26-27(22-13-5-2-6-14-22)24(28-23)25-21-16-15-18-9-7-8-12-20(18)17-21/h1-17H/b25-24+. The molecule has 0 aliphatic heterocycles. The molecule has 1 aromatic heterocycles. The van der Waals surface area contributed by atoms with Gasteiger partial charge in [0.25, 0.3) is 0 Å². The Morgan fingerprint density at radius 2 is 1.36 bits per heavy atom. The van der Waals surface area contributed by atoms with Crippen molar-refractivity contribution in [2.45, 2.75) is 0 Å². The molecule has 4 aromatic carbocycles. The maximum Gasteiger partial charge on any atom is 0.325 e. The van der Waals surface area contributed by atoms with Crippen LogP contribution in [0.25, 0.3) is 27.9 Å². The minimum atomic E-state index is 0.431. The van der Waals surface area contributed by atoms with Crippen LogP contribution in [0.4, 0.5) is 5.69 Å². The van der Waals surface area contributed by atoms with Crippen LogP contribution in [-0.2, 0) is 0 Å². The van der Waals surface area contributed by atoms with Gasteiger partial charge in [-0.2, -0.15) is 9.67 Å². The Hall–Kier alpha value is -3.92. The van der Waals surface area contributed by atoms with Crippen molar-refractivity contribution < 1.29 is 4.42 Å². The molecule has 0 aliphatic rings. The maximum absolute atomic E-state index is 6.06. The summed E-state index contributed by atoms with van der Waals surface area (Å²) in [5, 5.41) is 6.98. The largest absolute Gasteiger partial charge is 0.403 e. The summed E-state index contributed by atoms with van der Waals surface area (Å²) in [5.74, 6) is 0.531. The van der Waals surface area contributed by atoms with Crippen molar-refractivity contribution in [3.05, 3.63) is 109 Å². The number of fused-ring (bicyclic) bond motifs is 1. The first-order valence-corrected chi connectivity index (χ1v) is 9.11. The molecule has 0 fully saturated rings. The SMILES string of the molecule is c1ccc(-c2nn(-c3ccccc3)/c(=N\c3ccc4ccccc4c3)o2)cc1. The summed E-state index contributed by atoms with van der Waals surface area (Å²) in [6, 6.07) is 34.1. The minimum absolute atomic E-state index is 0.431. The molecule has 4 heteroatoms. The zero-order valence-corrected chi connectivity index (χ0v) is 15.1. The quantitative estimate of drug-likeness (QED) is 0.424. The predicted molar refractivity (Wildman–Crippen MR) is 110 cm³/mol. The van der Waals surface area contributed by atoms with Gasteiger partial charge in [0.05, 0.1) is 11.4 Å². The van der Waals surface area contributed by atoms with E-state index in [9.17, 15) is 0 Å². The number of nitrogens with zero attached hydrogens (tertiary/aromatic N) is 3. The lowest BCUT2D eigenvalue weighted by atomic mass is 10.1. The topological polar surface area (TPSA) is 43.3 Å². The van der Waals surface area contributed by atoms with E-state index < -0.39 is 0 Å². The van der Waals surface area contributed by atoms with E-state index in [1.807, 2.05) is 78.9 Å². The Labute approximate surface area is 162 Å². The third-order valence-electron chi connectivity index (χ3n) is 4.54. The molecule has 0 spiro atoms. The Morgan fingerprint density at radius 3 is 2.14 bits per heavy atom. The normalized spacial score (nSPS) is 11.8. The highest BCUT2D eigenvalue weighted by molar-refractivity contribution is 5.85. The molecule has 0 amide bonds. The predicted octanol–water partition coefficient (Wildman–Crippen LogP) is 5.52. The molecule has 0 unspecified atom stereocenters. The van der Waals surface area contributed by atoms with Gasteiger partial charge in [-0.1, -0.05) is 66.7 Å². The number of rotatable bonds is 3. The van der Waals surface area contributed by atoms with E-state index in [1.54, 1.807) is 4.68 Å². The Kier molecular flexibility index (Phi) is 4.07. The van der Waals surface area contributed by atoms with E-state index in [2.05, 4.69) is 29.4 Å². The second-order valence-corrected chi connectivity index (χ2v) is 6.45. The molecule has 0 aliphatic carbocycles. The summed E-state index contributed by atoms with van der Waals surface area (Å²) in [5.41, 5.74) is 3.06. The molecule has 0 atom stereocenters. The summed E-state index contributed by atoms with van der Waals surface area (Å²) in [4.78, 5) is 4.75. The lowest BCUT2D eigenvalue weighted by Crippen LogP contribution is -2.15. The molecule has 0 radical (unpaired) electrons. The van der Waals surface area contributed by atoms with Crippen molar-refractivity contribution in [3.63, 3.8) is 0 Å². The molecule has 134 valence electrons. The van der Waals surface area contributed by atoms with Gasteiger partial charge in [-0.15, -0.1) is 5.10 Å². The zero-order valence-electron chi connectivity index (χ0n) is 15.1. The van der Waals surface area contributed by atoms with E-state index in [4.69, 9.17) is 9.41 Å². The van der Waals surface area contributed by atoms with Gasteiger partial charge in [-0.05, 0) is 47.2 Å². The summed E-state index contributed by atoms with van der Waals surface area (Å²) >= 11 is 0. The lowest BCUT2D eigenvalue weighted by molar-refractivity contribution is 0.499. The van der Waals surface area contributed by atoms with Crippen LogP contribution in [0.5, 0.6) is 0 Å². The van der Waals surface area contributed by atoms with E-state index in [0.717, 1.165) is 22.3 Å². The van der Waals surface area contributed by atoms with E-state index in [-0.39, 0.29) is 0 Å². The molecule has 0 bridgehead atoms. The summed E-state index contributed by atoms with van der Waals surface area (Å²) < 4.78 is 7.79. The summed E-state index contributed by atoms with van der Waals surface area (Å²) in [6.45, 7) is 0. The van der Waals surface area contributed by atoms with Crippen molar-refractivity contribution in [2.75, 3.05) is 0 Å². The summed E-state index contributed by atoms with van der Waals surface area (Å²) in [6.07, 6.45) is 0. The number of aromatic nitrogens is 2. The van der Waals surface area contributed by atoms with Crippen molar-refractivity contribution in [3.8, 4) is 17.1 Å². The van der Waals surface area contributed by atoms with Crippen LogP contribution >= 0.6 is 0 Å². The van der Waals surface area contributed by atoms with Crippen LogP contribution in [0.3, 0.4) is 0 Å². The first kappa shape index (κ1) is 16.3. The van der Waals surface area contributed by atoms with Gasteiger partial charge in [-0.25, -0.2) is 0 Å². The van der Waals surface area contributed by atoms with Crippen molar-refractivity contribution >= 4 is 16.5 Å². The molecule has 5 rings (SSSR count). The van der Waals surface area contributed by atoms with Gasteiger partial charge in [0.15, 0.2) is 0 Å². The molecular weight excluding hydrogens is 346 g/mol. The molecular formula is C24H17N3O. The van der Waals surface area contributed by atoms with Crippen molar-refractivity contribution in [1.82, 2.24) is 9.78 Å². The molecule has 0 saturated carbocycles. The highest BCUT2D eigenvalue weighted by Crippen LogP contribution is 2.21. The van der Waals surface area contributed by atoms with Crippen molar-refractivity contribution in [1.29, 1.82) is 0 Å². The fourth-order valence-electron chi connectivity index (χ4n) is 3.15. The van der Waals surface area contributed by atoms with E-state index >= 15 is 0 Å². The van der Waals surface area contributed by atoms with Gasteiger partial charge >= 0.3 is 5.68 Å². The highest BCUT2D eigenvalue weighted by atomic mass is 16.4. The van der Waals surface area contributed by atoms with Gasteiger partial charge < -0.3 is 4.42 Å². The van der Waals surface area contributed by atoms with Gasteiger partial charge in [0.1, 0.15) is 0 Å². The van der Waals surface area contributed by atoms with Crippen LogP contribution in [0.1, 0.15) is 0 Å². The fraction of sp³-hybridized carbons (Fsp3) is 0. The van der Waals surface area contributed by atoms with Crippen LogP contribution in [0, 0.1) is 0 Å². The molecule has 1 heterocycles. The Morgan fingerprint density at radius 1 is 0.679 bits per heavy atom. The van der Waals surface area contributed by atoms with Crippen LogP contribution in [0.15, 0.2) is 113 Å². The minimum Gasteiger partial charge on any atom is -0.403 e. The zero-order chi connectivity index (χ0) is 18.8. The molecule has 0 saturated heterocycles. The Bertz CT molecular complexity index is 1300. The lowest BCUT2D eigenvalue weighted by Gasteiger charge is -2.00. The van der Waals surface area contributed by atoms with Gasteiger partial charge in [0.2, 0.25) is 5.89 Å². The van der Waals surface area contributed by atoms with Crippen LogP contribution < -0.4 is 5.68 Å². The Balaban J connectivity index is 1.70. The fourth-order valence-corrected chi connectivity index (χ4v) is 3.15. The molecule has 5 aromatic rings. The van der Waals surface area contributed by atoms with E-state index in [0.29, 0.717) is 11.6 Å². The molecule has 4 nitrogen and oxygen atoms in total. The van der Waals surface area contributed by atoms with Gasteiger partial charge in [-0.3, -0.25) is 0 Å². The number of hydrogen-bond acceptors (Lipinski definition) is 3. The third kappa shape index (κ3) is 3.12. The molecule has 0 N–H and O–H groups in total. The second-order valence-electron chi connectivity index (χ2n) is 6.45. The first-order valence-electron chi connectivity index (χ1n) is 9.11. The van der Waals surface area contributed by atoms with Crippen molar-refractivity contribution in [2.24, 2.45) is 4.99 Å². The number of benzene rings is 4. The monoisotopic (exact) mass is 363 g/mol. The third-order valence-corrected chi connectivity index (χ3v) is 4.54. The van der Waals surface area contributed by atoms with Crippen LogP contribution in [-0.4, -0.2) is 9.78 Å². The second kappa shape index (κ2) is 7.00. The smallest absolute Gasteiger partial charge is 0.325 e.